The number of aryl methyl sites for hydroxylation is 1. The lowest BCUT2D eigenvalue weighted by atomic mass is 9.98. The lowest BCUT2D eigenvalue weighted by Gasteiger charge is -2.06. The number of ether oxygens (including phenoxy) is 1. The van der Waals surface area contributed by atoms with E-state index in [4.69, 9.17) is 4.74 Å². The van der Waals surface area contributed by atoms with E-state index in [2.05, 4.69) is 32.6 Å². The topological polar surface area (TPSA) is 26.3 Å². The van der Waals surface area contributed by atoms with Crippen LogP contribution in [0.4, 0.5) is 0 Å². The molecule has 0 unspecified atom stereocenters. The van der Waals surface area contributed by atoms with Gasteiger partial charge >= 0.3 is 5.97 Å². The molecule has 17 heavy (non-hydrogen) atoms. The van der Waals surface area contributed by atoms with Crippen molar-refractivity contribution in [2.45, 2.75) is 34.1 Å². The van der Waals surface area contributed by atoms with Crippen LogP contribution in [0.2, 0.25) is 0 Å². The van der Waals surface area contributed by atoms with E-state index in [-0.39, 0.29) is 11.4 Å². The second-order valence-corrected chi connectivity index (χ2v) is 5.86. The Labute approximate surface area is 107 Å². The molecule has 3 heteroatoms. The molecule has 1 aromatic rings. The van der Waals surface area contributed by atoms with Gasteiger partial charge in [0.15, 0.2) is 0 Å². The maximum atomic E-state index is 11.5. The molecule has 0 radical (unpaired) electrons. The number of esters is 1. The van der Waals surface area contributed by atoms with Crippen LogP contribution in [-0.4, -0.2) is 13.1 Å². The van der Waals surface area contributed by atoms with E-state index in [0.29, 0.717) is 4.88 Å². The van der Waals surface area contributed by atoms with Gasteiger partial charge in [-0.25, -0.2) is 4.79 Å². The maximum absolute atomic E-state index is 11.5. The van der Waals surface area contributed by atoms with Crippen LogP contribution >= 0.6 is 11.3 Å². The highest BCUT2D eigenvalue weighted by atomic mass is 32.1. The normalized spacial score (nSPS) is 10.6. The minimum Gasteiger partial charge on any atom is -0.465 e. The molecule has 0 spiro atoms. The lowest BCUT2D eigenvalue weighted by Crippen LogP contribution is -2.00. The van der Waals surface area contributed by atoms with Crippen molar-refractivity contribution in [1.29, 1.82) is 0 Å². The van der Waals surface area contributed by atoms with E-state index in [1.807, 2.05) is 13.0 Å². The predicted octanol–water partition coefficient (Wildman–Crippen LogP) is 3.49. The molecule has 0 saturated carbocycles. The zero-order valence-corrected chi connectivity index (χ0v) is 11.8. The molecule has 0 amide bonds. The second-order valence-electron chi connectivity index (χ2n) is 4.81. The summed E-state index contributed by atoms with van der Waals surface area (Å²) in [6.45, 7) is 8.22. The van der Waals surface area contributed by atoms with Crippen molar-refractivity contribution in [2.75, 3.05) is 7.11 Å². The van der Waals surface area contributed by atoms with Crippen molar-refractivity contribution in [3.63, 3.8) is 0 Å². The fourth-order valence-corrected chi connectivity index (χ4v) is 2.29. The van der Waals surface area contributed by atoms with Gasteiger partial charge in [-0.2, -0.15) is 0 Å². The third-order valence-corrected chi connectivity index (χ3v) is 3.19. The van der Waals surface area contributed by atoms with Gasteiger partial charge in [0.2, 0.25) is 0 Å². The molecule has 0 aliphatic rings. The summed E-state index contributed by atoms with van der Waals surface area (Å²) in [5.74, 6) is 6.02. The molecule has 0 saturated heterocycles. The van der Waals surface area contributed by atoms with Crippen molar-refractivity contribution < 1.29 is 9.53 Å². The summed E-state index contributed by atoms with van der Waals surface area (Å²) in [6.07, 6.45) is 0.818. The monoisotopic (exact) mass is 250 g/mol. The van der Waals surface area contributed by atoms with Gasteiger partial charge in [-0.3, -0.25) is 0 Å². The van der Waals surface area contributed by atoms with Crippen LogP contribution in [0.3, 0.4) is 0 Å². The Kier molecular flexibility index (Phi) is 4.36. The molecule has 1 aromatic heterocycles. The summed E-state index contributed by atoms with van der Waals surface area (Å²) < 4.78 is 4.76. The molecule has 0 N–H and O–H groups in total. The molecule has 0 atom stereocenters. The van der Waals surface area contributed by atoms with Crippen LogP contribution in [0.15, 0.2) is 6.07 Å². The van der Waals surface area contributed by atoms with E-state index < -0.39 is 0 Å². The molecule has 0 aliphatic heterocycles. The van der Waals surface area contributed by atoms with E-state index in [9.17, 15) is 4.79 Å². The first-order chi connectivity index (χ1) is 7.87. The smallest absolute Gasteiger partial charge is 0.348 e. The second kappa shape index (κ2) is 5.37. The van der Waals surface area contributed by atoms with E-state index in [1.54, 1.807) is 0 Å². The predicted molar refractivity (Wildman–Crippen MR) is 71.4 cm³/mol. The number of carbonyl (C=O) groups excluding carboxylic acids is 1. The molecule has 1 rings (SSSR count). The molecule has 2 nitrogen and oxygen atoms in total. The largest absolute Gasteiger partial charge is 0.465 e. The van der Waals surface area contributed by atoms with E-state index >= 15 is 0 Å². The fraction of sp³-hybridized carbons (Fsp3) is 0.500. The number of hydrogen-bond donors (Lipinski definition) is 0. The summed E-state index contributed by atoms with van der Waals surface area (Å²) in [7, 11) is 1.40. The van der Waals surface area contributed by atoms with Gasteiger partial charge in [0, 0.05) is 5.41 Å². The minimum absolute atomic E-state index is 0.0260. The highest BCUT2D eigenvalue weighted by molar-refractivity contribution is 7.14. The van der Waals surface area contributed by atoms with Crippen molar-refractivity contribution in [2.24, 2.45) is 5.41 Å². The number of rotatable bonds is 2. The van der Waals surface area contributed by atoms with Crippen LogP contribution in [0.25, 0.3) is 0 Å². The maximum Gasteiger partial charge on any atom is 0.348 e. The summed E-state index contributed by atoms with van der Waals surface area (Å²) in [4.78, 5) is 13.1. The summed E-state index contributed by atoms with van der Waals surface area (Å²) in [5, 5.41) is 0. The summed E-state index contributed by atoms with van der Waals surface area (Å²) in [5.41, 5.74) is 0.988. The number of hydrogen-bond acceptors (Lipinski definition) is 3. The molecule has 92 valence electrons. The zero-order valence-electron chi connectivity index (χ0n) is 11.0. The van der Waals surface area contributed by atoms with Crippen molar-refractivity contribution in [3.8, 4) is 11.8 Å². The highest BCUT2D eigenvalue weighted by Gasteiger charge is 2.15. The van der Waals surface area contributed by atoms with Gasteiger partial charge in [0.25, 0.3) is 0 Å². The van der Waals surface area contributed by atoms with Gasteiger partial charge in [-0.1, -0.05) is 18.8 Å². The third-order valence-electron chi connectivity index (χ3n) is 2.12. The lowest BCUT2D eigenvalue weighted by molar-refractivity contribution is 0.0605. The highest BCUT2D eigenvalue weighted by Crippen LogP contribution is 2.23. The van der Waals surface area contributed by atoms with Crippen LogP contribution in [0, 0.1) is 17.3 Å². The van der Waals surface area contributed by atoms with Crippen molar-refractivity contribution in [3.05, 3.63) is 21.4 Å². The first-order valence-corrected chi connectivity index (χ1v) is 6.43. The SMILES string of the molecule is CCc1cc(C#CC(C)(C)C)sc1C(=O)OC. The Hall–Kier alpha value is -1.27. The average Bonchev–Trinajstić information content (AvgIpc) is 2.67. The average molecular weight is 250 g/mol. The molecule has 0 bridgehead atoms. The summed E-state index contributed by atoms with van der Waals surface area (Å²) in [6, 6.07) is 1.98. The fourth-order valence-electron chi connectivity index (χ4n) is 1.27. The Morgan fingerprint density at radius 2 is 2.12 bits per heavy atom. The Morgan fingerprint density at radius 3 is 2.59 bits per heavy atom. The summed E-state index contributed by atoms with van der Waals surface area (Å²) >= 11 is 1.41. The first-order valence-electron chi connectivity index (χ1n) is 5.61. The standard InChI is InChI=1S/C14H18O2S/c1-6-10-9-11(7-8-14(2,3)4)17-12(10)13(15)16-5/h9H,6H2,1-5H3. The molecule has 1 heterocycles. The number of thiophene rings is 1. The molecular weight excluding hydrogens is 232 g/mol. The first kappa shape index (κ1) is 13.8. The number of carbonyl (C=O) groups is 1. The van der Waals surface area contributed by atoms with Crippen LogP contribution in [-0.2, 0) is 11.2 Å². The van der Waals surface area contributed by atoms with Gasteiger partial charge < -0.3 is 4.74 Å². The van der Waals surface area contributed by atoms with Gasteiger partial charge in [-0.05, 0) is 38.8 Å². The van der Waals surface area contributed by atoms with Gasteiger partial charge in [-0.15, -0.1) is 11.3 Å². The Balaban J connectivity index is 3.08. The van der Waals surface area contributed by atoms with Crippen LogP contribution in [0.5, 0.6) is 0 Å². The van der Waals surface area contributed by atoms with E-state index in [0.717, 1.165) is 16.9 Å². The zero-order chi connectivity index (χ0) is 13.1. The Morgan fingerprint density at radius 1 is 1.47 bits per heavy atom. The molecule has 0 fully saturated rings. The van der Waals surface area contributed by atoms with Crippen molar-refractivity contribution >= 4 is 17.3 Å². The van der Waals surface area contributed by atoms with Crippen molar-refractivity contribution in [1.82, 2.24) is 0 Å². The molecule has 0 aliphatic carbocycles. The quantitative estimate of drug-likeness (QED) is 0.593. The van der Waals surface area contributed by atoms with Crippen LogP contribution < -0.4 is 0 Å². The minimum atomic E-state index is -0.268. The molecule has 0 aromatic carbocycles. The Bertz CT molecular complexity index is 467. The van der Waals surface area contributed by atoms with Gasteiger partial charge in [0.05, 0.1) is 12.0 Å². The molecular formula is C14H18O2S. The third kappa shape index (κ3) is 3.90. The number of methoxy groups -OCH3 is 1. The van der Waals surface area contributed by atoms with Crippen LogP contribution in [0.1, 0.15) is 47.8 Å². The van der Waals surface area contributed by atoms with E-state index in [1.165, 1.54) is 18.4 Å². The van der Waals surface area contributed by atoms with Gasteiger partial charge in [0.1, 0.15) is 4.88 Å².